The molecule has 0 spiro atoms. The number of benzene rings is 1. The summed E-state index contributed by atoms with van der Waals surface area (Å²) in [6.07, 6.45) is 2.09. The predicted molar refractivity (Wildman–Crippen MR) is 75.2 cm³/mol. The van der Waals surface area contributed by atoms with Crippen molar-refractivity contribution >= 4 is 0 Å². The topological polar surface area (TPSA) is 32.7 Å². The van der Waals surface area contributed by atoms with Crippen molar-refractivity contribution in [2.45, 2.75) is 43.9 Å². The molecule has 1 saturated heterocycles. The molecule has 1 aliphatic heterocycles. The number of fused-ring (bicyclic) bond motifs is 1. The van der Waals surface area contributed by atoms with Crippen LogP contribution in [0.25, 0.3) is 0 Å². The van der Waals surface area contributed by atoms with Crippen molar-refractivity contribution in [2.24, 2.45) is 0 Å². The fourth-order valence-electron chi connectivity index (χ4n) is 3.65. The minimum absolute atomic E-state index is 0.241. The van der Waals surface area contributed by atoms with Gasteiger partial charge in [-0.3, -0.25) is 4.90 Å². The van der Waals surface area contributed by atoms with Gasteiger partial charge in [0, 0.05) is 26.2 Å². The maximum Gasteiger partial charge on any atom is 0.0948 e. The van der Waals surface area contributed by atoms with E-state index in [1.54, 1.807) is 7.11 Å². The monoisotopic (exact) mass is 261 g/mol. The van der Waals surface area contributed by atoms with Crippen LogP contribution < -0.4 is 0 Å². The second-order valence-corrected chi connectivity index (χ2v) is 5.92. The third-order valence-electron chi connectivity index (χ3n) is 4.78. The highest BCUT2D eigenvalue weighted by molar-refractivity contribution is 5.35. The standard InChI is InChI=1S/C16H23NO2/c1-11-9-15(17-8-7-12(10-17)19-2)16(18)14-6-4-3-5-13(11)14/h3-6,11-12,15-16,18H,7-10H2,1-2H3. The SMILES string of the molecule is COC1CCN(C2CC(C)c3ccccc3C2O)C1. The molecule has 1 heterocycles. The van der Waals surface area contributed by atoms with Crippen molar-refractivity contribution in [1.82, 2.24) is 4.90 Å². The van der Waals surface area contributed by atoms with Crippen LogP contribution >= 0.6 is 0 Å². The Morgan fingerprint density at radius 3 is 2.68 bits per heavy atom. The van der Waals surface area contributed by atoms with E-state index in [0.717, 1.165) is 31.5 Å². The highest BCUT2D eigenvalue weighted by Crippen LogP contribution is 2.40. The average molecular weight is 261 g/mol. The molecule has 1 N–H and O–H groups in total. The van der Waals surface area contributed by atoms with Crippen molar-refractivity contribution in [3.05, 3.63) is 35.4 Å². The summed E-state index contributed by atoms with van der Waals surface area (Å²) in [7, 11) is 1.78. The van der Waals surface area contributed by atoms with Gasteiger partial charge in [0.25, 0.3) is 0 Å². The van der Waals surface area contributed by atoms with Gasteiger partial charge < -0.3 is 9.84 Å². The fourth-order valence-corrected chi connectivity index (χ4v) is 3.65. The quantitative estimate of drug-likeness (QED) is 0.887. The van der Waals surface area contributed by atoms with Gasteiger partial charge in [0.15, 0.2) is 0 Å². The maximum absolute atomic E-state index is 10.7. The van der Waals surface area contributed by atoms with Gasteiger partial charge in [-0.2, -0.15) is 0 Å². The molecule has 0 aromatic heterocycles. The van der Waals surface area contributed by atoms with Crippen molar-refractivity contribution in [1.29, 1.82) is 0 Å². The molecule has 3 heteroatoms. The first-order valence-corrected chi connectivity index (χ1v) is 7.24. The Balaban J connectivity index is 1.82. The van der Waals surface area contributed by atoms with Crippen LogP contribution in [0.4, 0.5) is 0 Å². The van der Waals surface area contributed by atoms with Crippen LogP contribution in [0.3, 0.4) is 0 Å². The lowest BCUT2D eigenvalue weighted by molar-refractivity contribution is 0.0314. The molecule has 104 valence electrons. The lowest BCUT2D eigenvalue weighted by Gasteiger charge is -2.39. The lowest BCUT2D eigenvalue weighted by atomic mass is 9.79. The predicted octanol–water partition coefficient (Wildman–Crippen LogP) is 2.32. The molecule has 4 unspecified atom stereocenters. The Bertz CT molecular complexity index is 448. The van der Waals surface area contributed by atoms with E-state index in [4.69, 9.17) is 4.74 Å². The van der Waals surface area contributed by atoms with Crippen LogP contribution in [0, 0.1) is 0 Å². The maximum atomic E-state index is 10.7. The largest absolute Gasteiger partial charge is 0.387 e. The van der Waals surface area contributed by atoms with E-state index in [0.29, 0.717) is 12.0 Å². The second-order valence-electron chi connectivity index (χ2n) is 5.92. The molecule has 0 saturated carbocycles. The van der Waals surface area contributed by atoms with E-state index in [-0.39, 0.29) is 12.1 Å². The van der Waals surface area contributed by atoms with Crippen LogP contribution in [0.1, 0.15) is 42.9 Å². The summed E-state index contributed by atoms with van der Waals surface area (Å²) >= 11 is 0. The van der Waals surface area contributed by atoms with E-state index < -0.39 is 0 Å². The fraction of sp³-hybridized carbons (Fsp3) is 0.625. The molecule has 0 amide bonds. The Hall–Kier alpha value is -0.900. The molecular formula is C16H23NO2. The molecule has 4 atom stereocenters. The van der Waals surface area contributed by atoms with Crippen LogP contribution in [0.5, 0.6) is 0 Å². The van der Waals surface area contributed by atoms with Crippen LogP contribution in [-0.2, 0) is 4.74 Å². The van der Waals surface area contributed by atoms with Crippen LogP contribution in [0.15, 0.2) is 24.3 Å². The zero-order chi connectivity index (χ0) is 13.4. The first-order valence-electron chi connectivity index (χ1n) is 7.24. The van der Waals surface area contributed by atoms with Crippen molar-refractivity contribution in [3.63, 3.8) is 0 Å². The first-order chi connectivity index (χ1) is 9.20. The van der Waals surface area contributed by atoms with Gasteiger partial charge in [-0.15, -0.1) is 0 Å². The molecule has 1 aromatic carbocycles. The summed E-state index contributed by atoms with van der Waals surface area (Å²) in [5, 5.41) is 10.7. The number of ether oxygens (including phenoxy) is 1. The van der Waals surface area contributed by atoms with E-state index in [1.807, 2.05) is 6.07 Å². The van der Waals surface area contributed by atoms with Gasteiger partial charge in [-0.1, -0.05) is 31.2 Å². The minimum Gasteiger partial charge on any atom is -0.387 e. The van der Waals surface area contributed by atoms with E-state index in [9.17, 15) is 5.11 Å². The normalized spacial score (nSPS) is 35.3. The summed E-state index contributed by atoms with van der Waals surface area (Å²) < 4.78 is 5.44. The van der Waals surface area contributed by atoms with Crippen molar-refractivity contribution in [3.8, 4) is 0 Å². The molecule has 3 nitrogen and oxygen atoms in total. The summed E-state index contributed by atoms with van der Waals surface area (Å²) in [5.41, 5.74) is 2.43. The second kappa shape index (κ2) is 5.23. The number of hydrogen-bond acceptors (Lipinski definition) is 3. The molecule has 1 aromatic rings. The van der Waals surface area contributed by atoms with E-state index in [1.165, 1.54) is 5.56 Å². The van der Waals surface area contributed by atoms with E-state index >= 15 is 0 Å². The Morgan fingerprint density at radius 2 is 2.00 bits per heavy atom. The lowest BCUT2D eigenvalue weighted by Crippen LogP contribution is -2.42. The zero-order valence-electron chi connectivity index (χ0n) is 11.7. The molecule has 0 bridgehead atoms. The number of aliphatic hydroxyl groups excluding tert-OH is 1. The number of methoxy groups -OCH3 is 1. The number of aliphatic hydroxyl groups is 1. The molecule has 1 aliphatic carbocycles. The zero-order valence-corrected chi connectivity index (χ0v) is 11.7. The molecule has 2 aliphatic rings. The number of likely N-dealkylation sites (tertiary alicyclic amines) is 1. The molecule has 19 heavy (non-hydrogen) atoms. The Labute approximate surface area is 115 Å². The highest BCUT2D eigenvalue weighted by atomic mass is 16.5. The Kier molecular flexibility index (Phi) is 3.61. The van der Waals surface area contributed by atoms with Gasteiger partial charge in [0.1, 0.15) is 0 Å². The summed E-state index contributed by atoms with van der Waals surface area (Å²) in [4.78, 5) is 2.41. The van der Waals surface area contributed by atoms with Gasteiger partial charge in [0.05, 0.1) is 12.2 Å². The molecular weight excluding hydrogens is 238 g/mol. The third-order valence-corrected chi connectivity index (χ3v) is 4.78. The minimum atomic E-state index is -0.358. The first kappa shape index (κ1) is 13.1. The van der Waals surface area contributed by atoms with Gasteiger partial charge in [0.2, 0.25) is 0 Å². The van der Waals surface area contributed by atoms with Crippen molar-refractivity contribution in [2.75, 3.05) is 20.2 Å². The highest BCUT2D eigenvalue weighted by Gasteiger charge is 2.38. The molecule has 1 fully saturated rings. The summed E-state index contributed by atoms with van der Waals surface area (Å²) in [6.45, 7) is 4.25. The summed E-state index contributed by atoms with van der Waals surface area (Å²) in [5.74, 6) is 0.520. The molecule has 3 rings (SSSR count). The summed E-state index contributed by atoms with van der Waals surface area (Å²) in [6, 6.07) is 8.57. The van der Waals surface area contributed by atoms with Gasteiger partial charge in [-0.25, -0.2) is 0 Å². The van der Waals surface area contributed by atoms with Gasteiger partial charge >= 0.3 is 0 Å². The number of hydrogen-bond donors (Lipinski definition) is 1. The average Bonchev–Trinajstić information content (AvgIpc) is 2.91. The Morgan fingerprint density at radius 1 is 1.26 bits per heavy atom. The molecule has 0 radical (unpaired) electrons. The number of nitrogens with zero attached hydrogens (tertiary/aromatic N) is 1. The van der Waals surface area contributed by atoms with Crippen LogP contribution in [-0.4, -0.2) is 42.4 Å². The van der Waals surface area contributed by atoms with E-state index in [2.05, 4.69) is 30.0 Å². The smallest absolute Gasteiger partial charge is 0.0948 e. The number of rotatable bonds is 2. The van der Waals surface area contributed by atoms with Crippen LogP contribution in [0.2, 0.25) is 0 Å². The van der Waals surface area contributed by atoms with Crippen molar-refractivity contribution < 1.29 is 9.84 Å². The third kappa shape index (κ3) is 2.31. The van der Waals surface area contributed by atoms with Gasteiger partial charge in [-0.05, 0) is 29.9 Å².